The number of carbonyl (C=O) groups excluding carboxylic acids is 2. The highest BCUT2D eigenvalue weighted by molar-refractivity contribution is 7.10. The predicted molar refractivity (Wildman–Crippen MR) is 118 cm³/mol. The van der Waals surface area contributed by atoms with Gasteiger partial charge in [0.2, 0.25) is 18.6 Å². The van der Waals surface area contributed by atoms with E-state index in [0.29, 0.717) is 25.3 Å². The number of ether oxygens (including phenoxy) is 2. The number of rotatable bonds is 9. The minimum Gasteiger partial charge on any atom is -0.454 e. The highest BCUT2D eigenvalue weighted by Crippen LogP contribution is 2.33. The van der Waals surface area contributed by atoms with E-state index in [0.717, 1.165) is 22.6 Å². The smallest absolute Gasteiger partial charge is 0.242 e. The van der Waals surface area contributed by atoms with Crippen molar-refractivity contribution in [3.63, 3.8) is 0 Å². The SMILES string of the molecule is CCC(=O)N(CC(=O)N(Cc1ccc2c(c1)OCO2)Cc1sccc1C)[C@@H](C)CC. The summed E-state index contributed by atoms with van der Waals surface area (Å²) in [6.45, 7) is 9.20. The number of amides is 2. The molecule has 1 atom stereocenters. The molecule has 2 heterocycles. The second kappa shape index (κ2) is 9.98. The van der Waals surface area contributed by atoms with Crippen molar-refractivity contribution >= 4 is 23.2 Å². The number of hydrogen-bond acceptors (Lipinski definition) is 5. The van der Waals surface area contributed by atoms with Gasteiger partial charge >= 0.3 is 0 Å². The summed E-state index contributed by atoms with van der Waals surface area (Å²) >= 11 is 1.65. The zero-order chi connectivity index (χ0) is 21.7. The molecule has 0 N–H and O–H groups in total. The second-order valence-electron chi connectivity index (χ2n) is 7.60. The summed E-state index contributed by atoms with van der Waals surface area (Å²) in [6.07, 6.45) is 1.20. The Balaban J connectivity index is 1.81. The molecule has 2 aromatic rings. The normalized spacial score (nSPS) is 13.2. The van der Waals surface area contributed by atoms with Gasteiger partial charge in [0, 0.05) is 23.9 Å². The van der Waals surface area contributed by atoms with E-state index in [9.17, 15) is 9.59 Å². The van der Waals surface area contributed by atoms with Crippen molar-refractivity contribution in [2.45, 2.75) is 59.7 Å². The Morgan fingerprint density at radius 2 is 1.87 bits per heavy atom. The molecule has 0 saturated carbocycles. The lowest BCUT2D eigenvalue weighted by Crippen LogP contribution is -2.46. The Bertz CT molecular complexity index is 895. The lowest BCUT2D eigenvalue weighted by atomic mass is 10.1. The Kier molecular flexibility index (Phi) is 7.37. The molecule has 0 unspecified atom stereocenters. The van der Waals surface area contributed by atoms with Crippen LogP contribution in [0.2, 0.25) is 0 Å². The zero-order valence-electron chi connectivity index (χ0n) is 18.1. The van der Waals surface area contributed by atoms with Gasteiger partial charge in [-0.1, -0.05) is 19.9 Å². The highest BCUT2D eigenvalue weighted by atomic mass is 32.1. The van der Waals surface area contributed by atoms with Crippen LogP contribution >= 0.6 is 11.3 Å². The fourth-order valence-corrected chi connectivity index (χ4v) is 4.31. The van der Waals surface area contributed by atoms with Gasteiger partial charge in [-0.15, -0.1) is 11.3 Å². The van der Waals surface area contributed by atoms with Crippen LogP contribution in [0.15, 0.2) is 29.6 Å². The molecule has 1 aliphatic heterocycles. The van der Waals surface area contributed by atoms with Crippen molar-refractivity contribution in [2.24, 2.45) is 0 Å². The van der Waals surface area contributed by atoms with E-state index in [4.69, 9.17) is 9.47 Å². The van der Waals surface area contributed by atoms with Crippen LogP contribution in [0.3, 0.4) is 0 Å². The molecule has 0 fully saturated rings. The van der Waals surface area contributed by atoms with Crippen molar-refractivity contribution in [3.05, 3.63) is 45.6 Å². The lowest BCUT2D eigenvalue weighted by molar-refractivity contribution is -0.142. The standard InChI is InChI=1S/C23H30N2O4S/c1-5-17(4)25(22(26)6-2)14-23(27)24(13-21-16(3)9-10-30-21)12-18-7-8-19-20(11-18)29-15-28-19/h7-11,17H,5-6,12-15H2,1-4H3/t17-/m0/s1. The molecule has 0 saturated heterocycles. The fraction of sp³-hybridized carbons (Fsp3) is 0.478. The van der Waals surface area contributed by atoms with E-state index in [1.54, 1.807) is 16.2 Å². The van der Waals surface area contributed by atoms with Gasteiger partial charge in [0.05, 0.1) is 6.54 Å². The van der Waals surface area contributed by atoms with Crippen molar-refractivity contribution in [3.8, 4) is 11.5 Å². The number of thiophene rings is 1. The molecule has 1 aromatic carbocycles. The largest absolute Gasteiger partial charge is 0.454 e. The van der Waals surface area contributed by atoms with Crippen LogP contribution in [0.25, 0.3) is 0 Å². The van der Waals surface area contributed by atoms with E-state index in [1.165, 1.54) is 5.56 Å². The molecule has 0 spiro atoms. The molecular weight excluding hydrogens is 400 g/mol. The summed E-state index contributed by atoms with van der Waals surface area (Å²) in [4.78, 5) is 30.5. The van der Waals surface area contributed by atoms with Gasteiger partial charge in [-0.3, -0.25) is 9.59 Å². The summed E-state index contributed by atoms with van der Waals surface area (Å²) in [5, 5.41) is 2.04. The summed E-state index contributed by atoms with van der Waals surface area (Å²) in [6, 6.07) is 7.85. The molecule has 0 radical (unpaired) electrons. The molecule has 3 rings (SSSR count). The summed E-state index contributed by atoms with van der Waals surface area (Å²) < 4.78 is 10.9. The molecule has 30 heavy (non-hydrogen) atoms. The van der Waals surface area contributed by atoms with E-state index >= 15 is 0 Å². The van der Waals surface area contributed by atoms with Crippen LogP contribution in [0.5, 0.6) is 11.5 Å². The first kappa shape index (κ1) is 22.2. The van der Waals surface area contributed by atoms with Gasteiger partial charge in [0.1, 0.15) is 6.54 Å². The van der Waals surface area contributed by atoms with Crippen LogP contribution in [-0.2, 0) is 22.7 Å². The number of fused-ring (bicyclic) bond motifs is 1. The zero-order valence-corrected chi connectivity index (χ0v) is 19.0. The first-order valence-corrected chi connectivity index (χ1v) is 11.3. The molecule has 1 aromatic heterocycles. The fourth-order valence-electron chi connectivity index (χ4n) is 3.39. The van der Waals surface area contributed by atoms with Crippen LogP contribution in [0.1, 0.15) is 49.6 Å². The van der Waals surface area contributed by atoms with Gasteiger partial charge in [0.15, 0.2) is 11.5 Å². The van der Waals surface area contributed by atoms with Crippen molar-refractivity contribution in [2.75, 3.05) is 13.3 Å². The molecule has 2 amide bonds. The molecule has 7 heteroatoms. The number of benzene rings is 1. The monoisotopic (exact) mass is 430 g/mol. The Hall–Kier alpha value is -2.54. The minimum absolute atomic E-state index is 0.00744. The predicted octanol–water partition coefficient (Wildman–Crippen LogP) is 4.35. The summed E-state index contributed by atoms with van der Waals surface area (Å²) in [5.41, 5.74) is 2.14. The first-order valence-electron chi connectivity index (χ1n) is 10.4. The maximum absolute atomic E-state index is 13.4. The van der Waals surface area contributed by atoms with Crippen LogP contribution in [0.4, 0.5) is 0 Å². The molecule has 6 nitrogen and oxygen atoms in total. The van der Waals surface area contributed by atoms with Crippen LogP contribution in [0, 0.1) is 6.92 Å². The molecular formula is C23H30N2O4S. The van der Waals surface area contributed by atoms with Gasteiger partial charge in [0.25, 0.3) is 0 Å². The third-order valence-corrected chi connectivity index (χ3v) is 6.52. The van der Waals surface area contributed by atoms with Gasteiger partial charge < -0.3 is 19.3 Å². The molecule has 162 valence electrons. The quantitative estimate of drug-likeness (QED) is 0.593. The number of nitrogens with zero attached hydrogens (tertiary/aromatic N) is 2. The summed E-state index contributed by atoms with van der Waals surface area (Å²) in [5.74, 6) is 1.38. The third kappa shape index (κ3) is 5.14. The van der Waals surface area contributed by atoms with Gasteiger partial charge in [-0.25, -0.2) is 0 Å². The van der Waals surface area contributed by atoms with Gasteiger partial charge in [-0.2, -0.15) is 0 Å². The maximum atomic E-state index is 13.4. The van der Waals surface area contributed by atoms with E-state index in [-0.39, 0.29) is 31.2 Å². The molecule has 0 bridgehead atoms. The lowest BCUT2D eigenvalue weighted by Gasteiger charge is -2.31. The number of carbonyl (C=O) groups is 2. The Labute approximate surface area is 182 Å². The Morgan fingerprint density at radius 3 is 2.53 bits per heavy atom. The minimum atomic E-state index is -0.0532. The maximum Gasteiger partial charge on any atom is 0.242 e. The van der Waals surface area contributed by atoms with Gasteiger partial charge in [-0.05, 0) is 55.0 Å². The Morgan fingerprint density at radius 1 is 1.10 bits per heavy atom. The third-order valence-electron chi connectivity index (χ3n) is 5.52. The second-order valence-corrected chi connectivity index (χ2v) is 8.60. The van der Waals surface area contributed by atoms with Crippen LogP contribution < -0.4 is 9.47 Å². The topological polar surface area (TPSA) is 59.1 Å². The van der Waals surface area contributed by atoms with E-state index in [1.807, 2.05) is 49.3 Å². The highest BCUT2D eigenvalue weighted by Gasteiger charge is 2.25. The van der Waals surface area contributed by atoms with Crippen LogP contribution in [-0.4, -0.2) is 41.0 Å². The average molecular weight is 431 g/mol. The van der Waals surface area contributed by atoms with E-state index in [2.05, 4.69) is 13.0 Å². The number of aryl methyl sites for hydroxylation is 1. The van der Waals surface area contributed by atoms with Crippen molar-refractivity contribution in [1.82, 2.24) is 9.80 Å². The molecule has 0 aliphatic carbocycles. The average Bonchev–Trinajstić information content (AvgIpc) is 3.38. The van der Waals surface area contributed by atoms with Crippen molar-refractivity contribution in [1.29, 1.82) is 0 Å². The summed E-state index contributed by atoms with van der Waals surface area (Å²) in [7, 11) is 0. The van der Waals surface area contributed by atoms with Crippen molar-refractivity contribution < 1.29 is 19.1 Å². The van der Waals surface area contributed by atoms with E-state index < -0.39 is 0 Å². The number of hydrogen-bond donors (Lipinski definition) is 0. The molecule has 1 aliphatic rings. The first-order chi connectivity index (χ1) is 14.4.